The fourth-order valence-electron chi connectivity index (χ4n) is 2.12. The first-order valence-corrected chi connectivity index (χ1v) is 7.45. The van der Waals surface area contributed by atoms with Crippen molar-refractivity contribution in [1.29, 1.82) is 0 Å². The van der Waals surface area contributed by atoms with Crippen molar-refractivity contribution in [3.8, 4) is 5.75 Å². The fourth-order valence-corrected chi connectivity index (χ4v) is 2.54. The summed E-state index contributed by atoms with van der Waals surface area (Å²) in [5.74, 6) is 6.51. The van der Waals surface area contributed by atoms with Gasteiger partial charge >= 0.3 is 0 Å². The Bertz CT molecular complexity index is 600. The highest BCUT2D eigenvalue weighted by molar-refractivity contribution is 6.42. The normalized spacial score (nSPS) is 12.5. The van der Waals surface area contributed by atoms with Gasteiger partial charge in [0.05, 0.1) is 22.2 Å². The molecule has 0 radical (unpaired) electrons. The van der Waals surface area contributed by atoms with Crippen molar-refractivity contribution < 1.29 is 4.74 Å². The van der Waals surface area contributed by atoms with E-state index in [-0.39, 0.29) is 12.1 Å². The Morgan fingerprint density at radius 3 is 2.29 bits per heavy atom. The van der Waals surface area contributed by atoms with Crippen LogP contribution in [0, 0.1) is 0 Å². The second-order valence-electron chi connectivity index (χ2n) is 4.98. The van der Waals surface area contributed by atoms with Crippen molar-refractivity contribution in [2.45, 2.75) is 26.0 Å². The zero-order valence-electron chi connectivity index (χ0n) is 11.9. The predicted octanol–water partition coefficient (Wildman–Crippen LogP) is 4.33. The van der Waals surface area contributed by atoms with Gasteiger partial charge in [0.15, 0.2) is 0 Å². The van der Waals surface area contributed by atoms with Crippen molar-refractivity contribution >= 4 is 23.2 Å². The topological polar surface area (TPSA) is 47.3 Å². The molecule has 0 aromatic heterocycles. The molecule has 0 aliphatic rings. The van der Waals surface area contributed by atoms with Crippen molar-refractivity contribution in [2.75, 3.05) is 0 Å². The lowest BCUT2D eigenvalue weighted by molar-refractivity contribution is 0.242. The van der Waals surface area contributed by atoms with Crippen LogP contribution in [0.5, 0.6) is 5.75 Å². The molecule has 1 atom stereocenters. The van der Waals surface area contributed by atoms with Crippen molar-refractivity contribution in [3.63, 3.8) is 0 Å². The Kier molecular flexibility index (Phi) is 5.48. The van der Waals surface area contributed by atoms with Crippen LogP contribution in [0.15, 0.2) is 42.5 Å². The van der Waals surface area contributed by atoms with Crippen LogP contribution in [0.3, 0.4) is 0 Å². The van der Waals surface area contributed by atoms with E-state index in [1.54, 1.807) is 6.07 Å². The number of nitrogens with two attached hydrogens (primary N) is 1. The second kappa shape index (κ2) is 7.14. The zero-order chi connectivity index (χ0) is 15.4. The van der Waals surface area contributed by atoms with E-state index in [1.165, 1.54) is 0 Å². The number of nitrogens with one attached hydrogen (secondary N) is 1. The molecule has 0 aliphatic carbocycles. The molecule has 0 heterocycles. The van der Waals surface area contributed by atoms with Gasteiger partial charge in [-0.3, -0.25) is 5.84 Å². The third kappa shape index (κ3) is 3.89. The van der Waals surface area contributed by atoms with E-state index in [1.807, 2.05) is 50.2 Å². The number of ether oxygens (including phenoxy) is 1. The molecule has 0 spiro atoms. The average molecular weight is 325 g/mol. The minimum absolute atomic E-state index is 0.140. The third-order valence-electron chi connectivity index (χ3n) is 3.04. The molecular formula is C16H18Cl2N2O. The van der Waals surface area contributed by atoms with Crippen LogP contribution in [-0.4, -0.2) is 6.10 Å². The smallest absolute Gasteiger partial charge is 0.119 e. The van der Waals surface area contributed by atoms with Gasteiger partial charge in [-0.2, -0.15) is 0 Å². The molecule has 1 unspecified atom stereocenters. The first kappa shape index (κ1) is 16.1. The van der Waals surface area contributed by atoms with E-state index in [0.717, 1.165) is 16.9 Å². The molecule has 5 heteroatoms. The first-order valence-electron chi connectivity index (χ1n) is 6.69. The summed E-state index contributed by atoms with van der Waals surface area (Å²) in [5.41, 5.74) is 4.60. The van der Waals surface area contributed by atoms with Crippen LogP contribution >= 0.6 is 23.2 Å². The third-order valence-corrected chi connectivity index (χ3v) is 3.88. The molecule has 112 valence electrons. The molecule has 21 heavy (non-hydrogen) atoms. The Hall–Kier alpha value is -1.26. The highest BCUT2D eigenvalue weighted by Gasteiger charge is 2.17. The summed E-state index contributed by atoms with van der Waals surface area (Å²) in [6.45, 7) is 3.98. The summed E-state index contributed by atoms with van der Waals surface area (Å²) in [6, 6.07) is 13.0. The maximum absolute atomic E-state index is 6.26. The summed E-state index contributed by atoms with van der Waals surface area (Å²) >= 11 is 12.3. The van der Waals surface area contributed by atoms with Gasteiger partial charge in [0.1, 0.15) is 5.75 Å². The van der Waals surface area contributed by atoms with E-state index < -0.39 is 0 Å². The number of hydrazine groups is 1. The van der Waals surface area contributed by atoms with Crippen LogP contribution in [0.25, 0.3) is 0 Å². The number of hydrogen-bond donors (Lipinski definition) is 2. The van der Waals surface area contributed by atoms with Gasteiger partial charge in [0.25, 0.3) is 0 Å². The molecule has 0 aliphatic heterocycles. The van der Waals surface area contributed by atoms with E-state index in [4.69, 9.17) is 33.8 Å². The molecule has 2 aromatic carbocycles. The summed E-state index contributed by atoms with van der Waals surface area (Å²) in [4.78, 5) is 0. The molecule has 0 saturated heterocycles. The molecule has 2 aromatic rings. The number of rotatable bonds is 5. The van der Waals surface area contributed by atoms with Gasteiger partial charge in [0, 0.05) is 0 Å². The quantitative estimate of drug-likeness (QED) is 0.635. The largest absolute Gasteiger partial charge is 0.491 e. The second-order valence-corrected chi connectivity index (χ2v) is 5.76. The monoisotopic (exact) mass is 324 g/mol. The Balaban J connectivity index is 2.31. The van der Waals surface area contributed by atoms with E-state index in [2.05, 4.69) is 5.43 Å². The van der Waals surface area contributed by atoms with Crippen LogP contribution in [0.2, 0.25) is 10.0 Å². The Morgan fingerprint density at radius 2 is 1.71 bits per heavy atom. The van der Waals surface area contributed by atoms with E-state index >= 15 is 0 Å². The van der Waals surface area contributed by atoms with Crippen LogP contribution in [0.4, 0.5) is 0 Å². The molecule has 3 N–H and O–H groups in total. The number of benzene rings is 2. The maximum atomic E-state index is 6.26. The van der Waals surface area contributed by atoms with Gasteiger partial charge in [0.2, 0.25) is 0 Å². The molecule has 3 nitrogen and oxygen atoms in total. The number of hydrogen-bond acceptors (Lipinski definition) is 3. The Labute approximate surface area is 135 Å². The Morgan fingerprint density at radius 1 is 1.05 bits per heavy atom. The van der Waals surface area contributed by atoms with Crippen molar-refractivity contribution in [3.05, 3.63) is 63.6 Å². The molecule has 2 rings (SSSR count). The maximum Gasteiger partial charge on any atom is 0.119 e. The van der Waals surface area contributed by atoms with E-state index in [9.17, 15) is 0 Å². The molecular weight excluding hydrogens is 307 g/mol. The van der Waals surface area contributed by atoms with Crippen LogP contribution in [0.1, 0.15) is 31.0 Å². The van der Waals surface area contributed by atoms with Gasteiger partial charge < -0.3 is 4.74 Å². The fraction of sp³-hybridized carbons (Fsp3) is 0.250. The molecule has 0 saturated carbocycles. The first-order chi connectivity index (χ1) is 10.0. The lowest BCUT2D eigenvalue weighted by Crippen LogP contribution is -2.29. The van der Waals surface area contributed by atoms with Gasteiger partial charge in [-0.15, -0.1) is 0 Å². The number of halogens is 2. The lowest BCUT2D eigenvalue weighted by Gasteiger charge is -2.19. The lowest BCUT2D eigenvalue weighted by atomic mass is 9.99. The standard InChI is InChI=1S/C16H18Cl2N2O/c1-10(2)21-12-8-6-11(7-9-12)16(20-19)13-4-3-5-14(17)15(13)18/h3-10,16,20H,19H2,1-2H3. The summed E-state index contributed by atoms with van der Waals surface area (Å²) in [5, 5.41) is 1.01. The predicted molar refractivity (Wildman–Crippen MR) is 87.8 cm³/mol. The van der Waals surface area contributed by atoms with Gasteiger partial charge in [-0.05, 0) is 43.2 Å². The summed E-state index contributed by atoms with van der Waals surface area (Å²) < 4.78 is 5.63. The minimum atomic E-state index is -0.232. The molecule has 0 bridgehead atoms. The van der Waals surface area contributed by atoms with Gasteiger partial charge in [-0.25, -0.2) is 5.43 Å². The summed E-state index contributed by atoms with van der Waals surface area (Å²) in [7, 11) is 0. The highest BCUT2D eigenvalue weighted by Crippen LogP contribution is 2.33. The van der Waals surface area contributed by atoms with Crippen molar-refractivity contribution in [1.82, 2.24) is 5.43 Å². The van der Waals surface area contributed by atoms with E-state index in [0.29, 0.717) is 10.0 Å². The minimum Gasteiger partial charge on any atom is -0.491 e. The van der Waals surface area contributed by atoms with Crippen LogP contribution in [-0.2, 0) is 0 Å². The molecule has 0 fully saturated rings. The van der Waals surface area contributed by atoms with Crippen molar-refractivity contribution in [2.24, 2.45) is 5.84 Å². The molecule has 0 amide bonds. The van der Waals surface area contributed by atoms with Crippen LogP contribution < -0.4 is 16.0 Å². The SMILES string of the molecule is CC(C)Oc1ccc(C(NN)c2cccc(Cl)c2Cl)cc1. The summed E-state index contributed by atoms with van der Waals surface area (Å²) in [6.07, 6.45) is 0.140. The highest BCUT2D eigenvalue weighted by atomic mass is 35.5. The zero-order valence-corrected chi connectivity index (χ0v) is 13.4. The van der Waals surface area contributed by atoms with Gasteiger partial charge in [-0.1, -0.05) is 47.5 Å². The average Bonchev–Trinajstić information content (AvgIpc) is 2.45.